The van der Waals surface area contributed by atoms with Crippen LogP contribution in [0.15, 0.2) is 53.2 Å². The molecule has 1 rings (SSSR count). The lowest BCUT2D eigenvalue weighted by Crippen LogP contribution is -1.95. The van der Waals surface area contributed by atoms with Crippen LogP contribution in [0, 0.1) is 13.8 Å². The van der Waals surface area contributed by atoms with Gasteiger partial charge in [0.2, 0.25) is 0 Å². The van der Waals surface area contributed by atoms with Crippen molar-refractivity contribution in [3.05, 3.63) is 75.4 Å². The average Bonchev–Trinajstić information content (AvgIpc) is 2.43. The minimum atomic E-state index is 1.07. The third-order valence-electron chi connectivity index (χ3n) is 3.25. The summed E-state index contributed by atoms with van der Waals surface area (Å²) < 4.78 is 0. The topological polar surface area (TPSA) is 0 Å². The predicted molar refractivity (Wildman–Crippen MR) is 103 cm³/mol. The Hall–Kier alpha value is -1.12. The van der Waals surface area contributed by atoms with E-state index >= 15 is 0 Å². The molecule has 0 N–H and O–H groups in total. The van der Waals surface area contributed by atoms with Crippen LogP contribution in [0.1, 0.15) is 29.2 Å². The lowest BCUT2D eigenvalue weighted by molar-refractivity contribution is 1.11. The van der Waals surface area contributed by atoms with Crippen LogP contribution in [-0.4, -0.2) is 5.75 Å². The normalized spacial score (nSPS) is 11.3. The van der Waals surface area contributed by atoms with Crippen molar-refractivity contribution in [2.45, 2.75) is 27.2 Å². The third-order valence-corrected chi connectivity index (χ3v) is 4.81. The van der Waals surface area contributed by atoms with Crippen LogP contribution in [-0.2, 0) is 6.42 Å². The standard InChI is InChI=1S/C19H24S2/c1-7-20-10-9-17-11-16(6)18(12-15(17)5)13-19(14(3)4)21-8-2/h7-8,11-13H,1-3,9-10H2,4-6H3/b19-13-. The highest BCUT2D eigenvalue weighted by molar-refractivity contribution is 8.06. The largest absolute Gasteiger partial charge is 0.134 e. The molecule has 0 aliphatic carbocycles. The van der Waals surface area contributed by atoms with Gasteiger partial charge < -0.3 is 0 Å². The maximum absolute atomic E-state index is 4.04. The van der Waals surface area contributed by atoms with Crippen LogP contribution in [0.5, 0.6) is 0 Å². The van der Waals surface area contributed by atoms with E-state index in [4.69, 9.17) is 0 Å². The maximum atomic E-state index is 4.04. The monoisotopic (exact) mass is 316 g/mol. The van der Waals surface area contributed by atoms with Crippen LogP contribution < -0.4 is 0 Å². The summed E-state index contributed by atoms with van der Waals surface area (Å²) >= 11 is 3.39. The van der Waals surface area contributed by atoms with E-state index < -0.39 is 0 Å². The molecule has 0 atom stereocenters. The number of hydrogen-bond acceptors (Lipinski definition) is 2. The Morgan fingerprint density at radius 3 is 2.43 bits per heavy atom. The molecule has 1 aromatic rings. The Balaban J connectivity index is 3.07. The van der Waals surface area contributed by atoms with Crippen LogP contribution >= 0.6 is 23.5 Å². The fourth-order valence-corrected chi connectivity index (χ4v) is 3.14. The summed E-state index contributed by atoms with van der Waals surface area (Å²) in [5.74, 6) is 1.09. The van der Waals surface area contributed by atoms with Gasteiger partial charge in [0, 0.05) is 10.7 Å². The SMILES string of the molecule is C=CSCCc1cc(C)c(/C=C(\SC=C)C(=C)C)cc1C. The number of aryl methyl sites for hydroxylation is 3. The van der Waals surface area contributed by atoms with E-state index in [1.807, 2.05) is 17.7 Å². The summed E-state index contributed by atoms with van der Waals surface area (Å²) in [6.45, 7) is 18.0. The van der Waals surface area contributed by atoms with Crippen LogP contribution in [0.4, 0.5) is 0 Å². The summed E-state index contributed by atoms with van der Waals surface area (Å²) in [6, 6.07) is 4.58. The zero-order chi connectivity index (χ0) is 15.8. The molecule has 1 aromatic carbocycles. The van der Waals surface area contributed by atoms with Gasteiger partial charge in [-0.2, -0.15) is 0 Å². The Kier molecular flexibility index (Phi) is 7.69. The second-order valence-corrected chi connectivity index (χ2v) is 7.08. The zero-order valence-electron chi connectivity index (χ0n) is 13.2. The Bertz CT molecular complexity index is 565. The second kappa shape index (κ2) is 9.01. The van der Waals surface area contributed by atoms with Crippen molar-refractivity contribution in [2.75, 3.05) is 5.75 Å². The van der Waals surface area contributed by atoms with Gasteiger partial charge in [0.1, 0.15) is 0 Å². The molecule has 0 nitrogen and oxygen atoms in total. The molecule has 0 bridgehead atoms. The van der Waals surface area contributed by atoms with Crippen molar-refractivity contribution in [2.24, 2.45) is 0 Å². The fourth-order valence-electron chi connectivity index (χ4n) is 2.06. The van der Waals surface area contributed by atoms with Crippen LogP contribution in [0.3, 0.4) is 0 Å². The van der Waals surface area contributed by atoms with Crippen molar-refractivity contribution in [3.63, 3.8) is 0 Å². The van der Waals surface area contributed by atoms with Gasteiger partial charge in [0.15, 0.2) is 0 Å². The highest BCUT2D eigenvalue weighted by Crippen LogP contribution is 2.28. The first-order valence-corrected chi connectivity index (χ1v) is 8.90. The van der Waals surface area contributed by atoms with Crippen molar-refractivity contribution >= 4 is 29.6 Å². The van der Waals surface area contributed by atoms with E-state index in [9.17, 15) is 0 Å². The lowest BCUT2D eigenvalue weighted by atomic mass is 9.98. The van der Waals surface area contributed by atoms with Gasteiger partial charge in [-0.3, -0.25) is 0 Å². The van der Waals surface area contributed by atoms with Gasteiger partial charge in [-0.1, -0.05) is 43.6 Å². The molecular weight excluding hydrogens is 292 g/mol. The molecule has 112 valence electrons. The number of allylic oxidation sites excluding steroid dienone is 1. The lowest BCUT2D eigenvalue weighted by Gasteiger charge is -2.11. The Morgan fingerprint density at radius 1 is 1.14 bits per heavy atom. The van der Waals surface area contributed by atoms with E-state index in [0.29, 0.717) is 0 Å². The highest BCUT2D eigenvalue weighted by atomic mass is 32.2. The smallest absolute Gasteiger partial charge is 0.0145 e. The molecule has 0 aromatic heterocycles. The Labute approximate surface area is 138 Å². The zero-order valence-corrected chi connectivity index (χ0v) is 14.9. The van der Waals surface area contributed by atoms with Crippen LogP contribution in [0.25, 0.3) is 6.08 Å². The van der Waals surface area contributed by atoms with Gasteiger partial charge in [-0.25, -0.2) is 0 Å². The molecule has 0 amide bonds. The quantitative estimate of drug-likeness (QED) is 0.396. The first-order chi connectivity index (χ1) is 9.99. The molecular formula is C19H24S2. The summed E-state index contributed by atoms with van der Waals surface area (Å²) in [5.41, 5.74) is 6.42. The van der Waals surface area contributed by atoms with Gasteiger partial charge in [0.25, 0.3) is 0 Å². The van der Waals surface area contributed by atoms with Gasteiger partial charge in [0.05, 0.1) is 0 Å². The minimum absolute atomic E-state index is 1.07. The fraction of sp³-hybridized carbons (Fsp3) is 0.263. The summed E-state index contributed by atoms with van der Waals surface area (Å²) in [4.78, 5) is 1.17. The van der Waals surface area contributed by atoms with Gasteiger partial charge >= 0.3 is 0 Å². The molecule has 0 unspecified atom stereocenters. The molecule has 0 saturated heterocycles. The first-order valence-electron chi connectivity index (χ1n) is 6.97. The average molecular weight is 317 g/mol. The minimum Gasteiger partial charge on any atom is -0.134 e. The molecule has 0 aliphatic heterocycles. The van der Waals surface area contributed by atoms with Crippen molar-refractivity contribution < 1.29 is 0 Å². The van der Waals surface area contributed by atoms with E-state index in [1.54, 1.807) is 23.5 Å². The molecule has 0 saturated carbocycles. The molecule has 0 fully saturated rings. The second-order valence-electron chi connectivity index (χ2n) is 5.00. The molecule has 21 heavy (non-hydrogen) atoms. The maximum Gasteiger partial charge on any atom is 0.0145 e. The molecule has 0 radical (unpaired) electrons. The summed E-state index contributed by atoms with van der Waals surface area (Å²) in [5, 5.41) is 3.76. The third kappa shape index (κ3) is 5.64. The molecule has 0 spiro atoms. The van der Waals surface area contributed by atoms with E-state index in [-0.39, 0.29) is 0 Å². The Morgan fingerprint density at radius 2 is 1.86 bits per heavy atom. The molecule has 2 heteroatoms. The van der Waals surface area contributed by atoms with E-state index in [1.165, 1.54) is 27.2 Å². The first kappa shape index (κ1) is 17.9. The van der Waals surface area contributed by atoms with Crippen molar-refractivity contribution in [3.8, 4) is 0 Å². The summed E-state index contributed by atoms with van der Waals surface area (Å²) in [6.07, 6.45) is 3.29. The van der Waals surface area contributed by atoms with E-state index in [0.717, 1.165) is 17.7 Å². The number of thioether (sulfide) groups is 2. The van der Waals surface area contributed by atoms with Gasteiger partial charge in [-0.15, -0.1) is 11.8 Å². The van der Waals surface area contributed by atoms with E-state index in [2.05, 4.69) is 51.8 Å². The number of benzene rings is 1. The van der Waals surface area contributed by atoms with Gasteiger partial charge in [-0.05, 0) is 71.9 Å². The molecule has 0 heterocycles. The van der Waals surface area contributed by atoms with Crippen molar-refractivity contribution in [1.29, 1.82) is 0 Å². The molecule has 0 aliphatic rings. The number of hydrogen-bond donors (Lipinski definition) is 0. The summed E-state index contributed by atoms with van der Waals surface area (Å²) in [7, 11) is 0. The van der Waals surface area contributed by atoms with Crippen LogP contribution in [0.2, 0.25) is 0 Å². The van der Waals surface area contributed by atoms with Crippen molar-refractivity contribution in [1.82, 2.24) is 0 Å². The predicted octanol–water partition coefficient (Wildman–Crippen LogP) is 6.52. The number of rotatable bonds is 8. The highest BCUT2D eigenvalue weighted by Gasteiger charge is 2.05.